The van der Waals surface area contributed by atoms with Crippen molar-refractivity contribution >= 4 is 35.8 Å². The van der Waals surface area contributed by atoms with Gasteiger partial charge in [0.15, 0.2) is 5.96 Å². The first-order valence-corrected chi connectivity index (χ1v) is 8.38. The molecule has 0 aliphatic rings. The molecule has 6 nitrogen and oxygen atoms in total. The number of aliphatic imine (C=N–C) groups is 1. The van der Waals surface area contributed by atoms with Crippen molar-refractivity contribution in [3.63, 3.8) is 0 Å². The van der Waals surface area contributed by atoms with Crippen molar-refractivity contribution < 1.29 is 9.53 Å². The Kier molecular flexibility index (Phi) is 12.0. The molecule has 1 amide bonds. The van der Waals surface area contributed by atoms with Crippen LogP contribution in [0.3, 0.4) is 0 Å². The average molecular weight is 462 g/mol. The van der Waals surface area contributed by atoms with Crippen molar-refractivity contribution in [3.05, 3.63) is 29.8 Å². The Balaban J connectivity index is 0.00000576. The van der Waals surface area contributed by atoms with Gasteiger partial charge >= 0.3 is 0 Å². The minimum Gasteiger partial charge on any atom is -0.497 e. The van der Waals surface area contributed by atoms with E-state index in [2.05, 4.69) is 20.5 Å². The maximum Gasteiger partial charge on any atom is 0.222 e. The van der Waals surface area contributed by atoms with E-state index in [9.17, 15) is 4.79 Å². The van der Waals surface area contributed by atoms with Crippen molar-refractivity contribution in [2.24, 2.45) is 10.9 Å². The predicted molar refractivity (Wildman–Crippen MR) is 114 cm³/mol. The molecule has 2 N–H and O–H groups in total. The van der Waals surface area contributed by atoms with Crippen LogP contribution >= 0.6 is 24.0 Å². The second-order valence-electron chi connectivity index (χ2n) is 5.89. The van der Waals surface area contributed by atoms with E-state index >= 15 is 0 Å². The molecule has 0 spiro atoms. The average Bonchev–Trinajstić information content (AvgIpc) is 2.57. The number of benzene rings is 1. The fourth-order valence-corrected chi connectivity index (χ4v) is 2.09. The molecule has 0 heterocycles. The monoisotopic (exact) mass is 462 g/mol. The minimum absolute atomic E-state index is 0. The molecule has 0 unspecified atom stereocenters. The topological polar surface area (TPSA) is 66.0 Å². The van der Waals surface area contributed by atoms with Crippen LogP contribution in [0.5, 0.6) is 5.75 Å². The zero-order valence-corrected chi connectivity index (χ0v) is 18.2. The quantitative estimate of drug-likeness (QED) is 0.270. The van der Waals surface area contributed by atoms with Gasteiger partial charge < -0.3 is 20.3 Å². The van der Waals surface area contributed by atoms with E-state index in [4.69, 9.17) is 4.74 Å². The normalized spacial score (nSPS) is 10.9. The number of carbonyl (C=O) groups excluding carboxylic acids is 1. The number of amides is 1. The zero-order valence-electron chi connectivity index (χ0n) is 15.8. The number of hydrogen-bond donors (Lipinski definition) is 2. The van der Waals surface area contributed by atoms with E-state index in [1.165, 1.54) is 5.56 Å². The lowest BCUT2D eigenvalue weighted by atomic mass is 10.2. The third kappa shape index (κ3) is 8.94. The summed E-state index contributed by atoms with van der Waals surface area (Å²) >= 11 is 0. The van der Waals surface area contributed by atoms with Crippen LogP contribution in [0, 0.1) is 5.92 Å². The fraction of sp³-hybridized carbons (Fsp3) is 0.556. The molecule has 1 aromatic carbocycles. The van der Waals surface area contributed by atoms with Crippen LogP contribution in [-0.2, 0) is 11.3 Å². The number of guanidine groups is 1. The Morgan fingerprint density at radius 3 is 2.40 bits per heavy atom. The summed E-state index contributed by atoms with van der Waals surface area (Å²) in [7, 11) is 3.66. The Morgan fingerprint density at radius 1 is 1.24 bits per heavy atom. The van der Waals surface area contributed by atoms with E-state index < -0.39 is 0 Å². The number of halogens is 1. The molecule has 0 aliphatic carbocycles. The molecule has 0 radical (unpaired) electrons. The van der Waals surface area contributed by atoms with Crippen LogP contribution < -0.4 is 15.4 Å². The lowest BCUT2D eigenvalue weighted by Gasteiger charge is -2.22. The third-order valence-corrected chi connectivity index (χ3v) is 3.47. The van der Waals surface area contributed by atoms with Crippen molar-refractivity contribution in [2.45, 2.75) is 27.3 Å². The van der Waals surface area contributed by atoms with Crippen molar-refractivity contribution in [1.82, 2.24) is 15.5 Å². The zero-order chi connectivity index (χ0) is 17.9. The lowest BCUT2D eigenvalue weighted by molar-refractivity contribution is -0.123. The van der Waals surface area contributed by atoms with Gasteiger partial charge in [-0.05, 0) is 24.6 Å². The summed E-state index contributed by atoms with van der Waals surface area (Å²) in [6.45, 7) is 8.43. The first-order valence-electron chi connectivity index (χ1n) is 8.38. The van der Waals surface area contributed by atoms with Crippen LogP contribution in [-0.4, -0.2) is 50.6 Å². The van der Waals surface area contributed by atoms with Gasteiger partial charge in [-0.25, -0.2) is 0 Å². The highest BCUT2D eigenvalue weighted by Gasteiger charge is 2.08. The van der Waals surface area contributed by atoms with Crippen LogP contribution in [0.4, 0.5) is 0 Å². The van der Waals surface area contributed by atoms with E-state index in [-0.39, 0.29) is 35.8 Å². The molecule has 0 aliphatic heterocycles. The molecule has 0 atom stereocenters. The van der Waals surface area contributed by atoms with Gasteiger partial charge in [0, 0.05) is 32.6 Å². The maximum absolute atomic E-state index is 11.5. The molecular formula is C18H31IN4O2. The number of hydrogen-bond acceptors (Lipinski definition) is 3. The summed E-state index contributed by atoms with van der Waals surface area (Å²) in [5.41, 5.74) is 1.18. The summed E-state index contributed by atoms with van der Waals surface area (Å²) < 4.78 is 5.18. The number of nitrogens with zero attached hydrogens (tertiary/aromatic N) is 2. The number of rotatable bonds is 8. The molecule has 0 bridgehead atoms. The standard InChI is InChI=1S/C18H30N4O2.HI/c1-6-19-18(21-12-11-20-17(23)14(2)3)22(4)13-15-7-9-16(24-5)10-8-15;/h7-10,14H,6,11-13H2,1-5H3,(H,19,21)(H,20,23);1H. The second kappa shape index (κ2) is 12.8. The Bertz CT molecular complexity index is 532. The molecule has 0 saturated heterocycles. The van der Waals surface area contributed by atoms with Crippen LogP contribution in [0.25, 0.3) is 0 Å². The van der Waals surface area contributed by atoms with Crippen molar-refractivity contribution in [1.29, 1.82) is 0 Å². The minimum atomic E-state index is -0.0000348. The van der Waals surface area contributed by atoms with Gasteiger partial charge in [0.1, 0.15) is 5.75 Å². The van der Waals surface area contributed by atoms with Gasteiger partial charge in [0.2, 0.25) is 5.91 Å². The van der Waals surface area contributed by atoms with E-state index in [0.717, 1.165) is 24.8 Å². The summed E-state index contributed by atoms with van der Waals surface area (Å²) in [6.07, 6.45) is 0. The van der Waals surface area contributed by atoms with E-state index in [1.807, 2.05) is 52.1 Å². The number of carbonyl (C=O) groups is 1. The van der Waals surface area contributed by atoms with Crippen molar-refractivity contribution in [2.75, 3.05) is 33.8 Å². The smallest absolute Gasteiger partial charge is 0.222 e. The molecule has 25 heavy (non-hydrogen) atoms. The number of ether oxygens (including phenoxy) is 1. The van der Waals surface area contributed by atoms with Gasteiger partial charge in [-0.2, -0.15) is 0 Å². The van der Waals surface area contributed by atoms with Crippen molar-refractivity contribution in [3.8, 4) is 5.75 Å². The molecule has 1 aromatic rings. The van der Waals surface area contributed by atoms with E-state index in [0.29, 0.717) is 13.1 Å². The van der Waals surface area contributed by atoms with Gasteiger partial charge in [-0.3, -0.25) is 9.79 Å². The number of nitrogens with one attached hydrogen (secondary N) is 2. The van der Waals surface area contributed by atoms with Crippen LogP contribution in [0.1, 0.15) is 26.3 Å². The highest BCUT2D eigenvalue weighted by Crippen LogP contribution is 2.12. The Morgan fingerprint density at radius 2 is 1.88 bits per heavy atom. The molecular weight excluding hydrogens is 431 g/mol. The van der Waals surface area contributed by atoms with Gasteiger partial charge in [-0.1, -0.05) is 26.0 Å². The number of methoxy groups -OCH3 is 1. The lowest BCUT2D eigenvalue weighted by Crippen LogP contribution is -2.39. The highest BCUT2D eigenvalue weighted by atomic mass is 127. The van der Waals surface area contributed by atoms with Gasteiger partial charge in [-0.15, -0.1) is 24.0 Å². The first-order chi connectivity index (χ1) is 11.5. The SMILES string of the molecule is CCNC(=NCCNC(=O)C(C)C)N(C)Cc1ccc(OC)cc1.I. The molecule has 0 saturated carbocycles. The van der Waals surface area contributed by atoms with Gasteiger partial charge in [0.25, 0.3) is 0 Å². The van der Waals surface area contributed by atoms with Gasteiger partial charge in [0.05, 0.1) is 13.7 Å². The van der Waals surface area contributed by atoms with Crippen LogP contribution in [0.2, 0.25) is 0 Å². The molecule has 7 heteroatoms. The Hall–Kier alpha value is -1.51. The predicted octanol–water partition coefficient (Wildman–Crippen LogP) is 2.48. The molecule has 0 aromatic heterocycles. The fourth-order valence-electron chi connectivity index (χ4n) is 2.09. The van der Waals surface area contributed by atoms with Crippen LogP contribution in [0.15, 0.2) is 29.3 Å². The maximum atomic E-state index is 11.5. The largest absolute Gasteiger partial charge is 0.497 e. The first kappa shape index (κ1) is 23.5. The summed E-state index contributed by atoms with van der Waals surface area (Å²) in [6, 6.07) is 7.99. The second-order valence-corrected chi connectivity index (χ2v) is 5.89. The summed E-state index contributed by atoms with van der Waals surface area (Å²) in [5, 5.41) is 6.15. The summed E-state index contributed by atoms with van der Waals surface area (Å²) in [5.74, 6) is 1.73. The molecule has 142 valence electrons. The Labute approximate surface area is 168 Å². The van der Waals surface area contributed by atoms with E-state index in [1.54, 1.807) is 7.11 Å². The molecule has 1 rings (SSSR count). The molecule has 0 fully saturated rings. The highest BCUT2D eigenvalue weighted by molar-refractivity contribution is 14.0. The third-order valence-electron chi connectivity index (χ3n) is 3.47. The summed E-state index contributed by atoms with van der Waals surface area (Å²) in [4.78, 5) is 18.2.